The second kappa shape index (κ2) is 8.05. The van der Waals surface area contributed by atoms with Crippen LogP contribution in [0.25, 0.3) is 10.9 Å². The number of aromatic nitrogens is 2. The first kappa shape index (κ1) is 20.3. The predicted molar refractivity (Wildman–Crippen MR) is 112 cm³/mol. The van der Waals surface area contributed by atoms with Crippen LogP contribution in [0.2, 0.25) is 0 Å². The number of rotatable bonds is 5. The number of nitrogens with two attached hydrogens (primary N) is 1. The molecular weight excluding hydrogens is 368 g/mol. The summed E-state index contributed by atoms with van der Waals surface area (Å²) in [6.07, 6.45) is 4.30. The molecule has 1 aromatic carbocycles. The predicted octanol–water partition coefficient (Wildman–Crippen LogP) is 2.48. The van der Waals surface area contributed by atoms with E-state index in [4.69, 9.17) is 10.5 Å². The average Bonchev–Trinajstić information content (AvgIpc) is 3.08. The standard InChI is InChI=1S/C22H32N4O3/c1-14(2)26-19-12-15(5-6-17(19)20(25-26)21(23)27)16-4-3-9-24-18(16)13-22(28)7-10-29-11-8-22/h5-6,12,14,16,18,24,28H,3-4,7-11,13H2,1-2H3,(H2,23,27)/t16-,18+/m0/s1. The molecule has 2 aromatic rings. The number of hydrogen-bond donors (Lipinski definition) is 3. The lowest BCUT2D eigenvalue weighted by Gasteiger charge is -2.40. The van der Waals surface area contributed by atoms with Gasteiger partial charge in [0.25, 0.3) is 5.91 Å². The number of fused-ring (bicyclic) bond motifs is 1. The Morgan fingerprint density at radius 2 is 2.17 bits per heavy atom. The van der Waals surface area contributed by atoms with E-state index in [2.05, 4.69) is 36.4 Å². The highest BCUT2D eigenvalue weighted by molar-refractivity contribution is 6.04. The van der Waals surface area contributed by atoms with Crippen LogP contribution in [0.3, 0.4) is 0 Å². The molecule has 0 bridgehead atoms. The van der Waals surface area contributed by atoms with Gasteiger partial charge in [0, 0.05) is 30.7 Å². The van der Waals surface area contributed by atoms with Gasteiger partial charge < -0.3 is 20.9 Å². The van der Waals surface area contributed by atoms with Crippen molar-refractivity contribution >= 4 is 16.8 Å². The van der Waals surface area contributed by atoms with Crippen molar-refractivity contribution in [3.8, 4) is 0 Å². The lowest BCUT2D eigenvalue weighted by atomic mass is 9.77. The summed E-state index contributed by atoms with van der Waals surface area (Å²) in [6.45, 7) is 6.34. The lowest BCUT2D eigenvalue weighted by Crippen LogP contribution is -2.48. The van der Waals surface area contributed by atoms with Gasteiger partial charge in [-0.3, -0.25) is 9.48 Å². The molecule has 29 heavy (non-hydrogen) atoms. The zero-order valence-corrected chi connectivity index (χ0v) is 17.4. The fraction of sp³-hybridized carbons (Fsp3) is 0.636. The number of nitrogens with zero attached hydrogens (tertiary/aromatic N) is 2. The largest absolute Gasteiger partial charge is 0.390 e. The number of nitrogens with one attached hydrogen (secondary N) is 1. The fourth-order valence-electron chi connectivity index (χ4n) is 4.89. The van der Waals surface area contributed by atoms with E-state index in [1.165, 1.54) is 5.56 Å². The highest BCUT2D eigenvalue weighted by Crippen LogP contribution is 2.37. The van der Waals surface area contributed by atoms with Crippen molar-refractivity contribution in [3.05, 3.63) is 29.5 Å². The van der Waals surface area contributed by atoms with Crippen molar-refractivity contribution < 1.29 is 14.6 Å². The molecule has 0 saturated carbocycles. The normalized spacial score (nSPS) is 24.8. The van der Waals surface area contributed by atoms with Crippen LogP contribution < -0.4 is 11.1 Å². The Kier molecular flexibility index (Phi) is 5.64. The van der Waals surface area contributed by atoms with Crippen molar-refractivity contribution in [2.75, 3.05) is 19.8 Å². The molecule has 7 heteroatoms. The summed E-state index contributed by atoms with van der Waals surface area (Å²) in [6, 6.07) is 6.58. The summed E-state index contributed by atoms with van der Waals surface area (Å²) in [5.41, 5.74) is 7.39. The molecule has 4 rings (SSSR count). The maximum absolute atomic E-state index is 11.8. The van der Waals surface area contributed by atoms with E-state index in [0.717, 1.165) is 36.7 Å². The molecule has 0 spiro atoms. The molecule has 2 aliphatic heterocycles. The van der Waals surface area contributed by atoms with E-state index in [1.54, 1.807) is 0 Å². The summed E-state index contributed by atoms with van der Waals surface area (Å²) in [5, 5.41) is 20.0. The highest BCUT2D eigenvalue weighted by Gasteiger charge is 2.37. The quantitative estimate of drug-likeness (QED) is 0.716. The number of primary amides is 1. The van der Waals surface area contributed by atoms with E-state index in [9.17, 15) is 9.90 Å². The Balaban J connectivity index is 1.68. The Morgan fingerprint density at radius 1 is 1.41 bits per heavy atom. The minimum Gasteiger partial charge on any atom is -0.390 e. The van der Waals surface area contributed by atoms with Crippen molar-refractivity contribution in [1.82, 2.24) is 15.1 Å². The Labute approximate surface area is 171 Å². The van der Waals surface area contributed by atoms with Gasteiger partial charge >= 0.3 is 0 Å². The third-order valence-corrected chi connectivity index (χ3v) is 6.49. The number of aliphatic hydroxyl groups is 1. The number of hydrogen-bond acceptors (Lipinski definition) is 5. The van der Waals surface area contributed by atoms with Crippen molar-refractivity contribution in [1.29, 1.82) is 0 Å². The van der Waals surface area contributed by atoms with Crippen molar-refractivity contribution in [3.63, 3.8) is 0 Å². The monoisotopic (exact) mass is 400 g/mol. The third kappa shape index (κ3) is 4.04. The topological polar surface area (TPSA) is 102 Å². The maximum Gasteiger partial charge on any atom is 0.269 e. The summed E-state index contributed by atoms with van der Waals surface area (Å²) in [5.74, 6) is -0.186. The third-order valence-electron chi connectivity index (χ3n) is 6.49. The number of piperidine rings is 1. The lowest BCUT2D eigenvalue weighted by molar-refractivity contribution is -0.0750. The minimum absolute atomic E-state index is 0.129. The summed E-state index contributed by atoms with van der Waals surface area (Å²) in [4.78, 5) is 11.8. The first-order valence-corrected chi connectivity index (χ1v) is 10.7. The van der Waals surface area contributed by atoms with Crippen LogP contribution in [0.1, 0.15) is 74.0 Å². The number of carbonyl (C=O) groups excluding carboxylic acids is 1. The molecule has 7 nitrogen and oxygen atoms in total. The Morgan fingerprint density at radius 3 is 2.86 bits per heavy atom. The number of ether oxygens (including phenoxy) is 1. The number of carbonyl (C=O) groups is 1. The van der Waals surface area contributed by atoms with Gasteiger partial charge in [0.2, 0.25) is 0 Å². The van der Waals surface area contributed by atoms with Gasteiger partial charge in [-0.25, -0.2) is 0 Å². The fourth-order valence-corrected chi connectivity index (χ4v) is 4.89. The molecule has 2 saturated heterocycles. The first-order chi connectivity index (χ1) is 13.9. The van der Waals surface area contributed by atoms with Crippen LogP contribution in [-0.4, -0.2) is 52.2 Å². The molecule has 2 fully saturated rings. The smallest absolute Gasteiger partial charge is 0.269 e. The van der Waals surface area contributed by atoms with E-state index in [0.29, 0.717) is 37.7 Å². The molecule has 0 unspecified atom stereocenters. The van der Waals surface area contributed by atoms with Crippen molar-refractivity contribution in [2.45, 2.75) is 69.6 Å². The van der Waals surface area contributed by atoms with Crippen LogP contribution in [0.4, 0.5) is 0 Å². The van der Waals surface area contributed by atoms with Crippen LogP contribution in [-0.2, 0) is 4.74 Å². The zero-order valence-electron chi connectivity index (χ0n) is 17.4. The van der Waals surface area contributed by atoms with Gasteiger partial charge in [-0.2, -0.15) is 5.10 Å². The van der Waals surface area contributed by atoms with Crippen LogP contribution >= 0.6 is 0 Å². The molecule has 4 N–H and O–H groups in total. The van der Waals surface area contributed by atoms with E-state index in [-0.39, 0.29) is 12.1 Å². The summed E-state index contributed by atoms with van der Waals surface area (Å²) in [7, 11) is 0. The minimum atomic E-state index is -0.658. The second-order valence-corrected chi connectivity index (χ2v) is 8.88. The molecule has 3 heterocycles. The molecule has 2 aliphatic rings. The molecular formula is C22H32N4O3. The molecule has 158 valence electrons. The van der Waals surface area contributed by atoms with Gasteiger partial charge in [-0.15, -0.1) is 0 Å². The van der Waals surface area contributed by atoms with E-state index < -0.39 is 11.5 Å². The zero-order chi connectivity index (χ0) is 20.6. The van der Waals surface area contributed by atoms with Crippen molar-refractivity contribution in [2.24, 2.45) is 5.73 Å². The molecule has 2 atom stereocenters. The van der Waals surface area contributed by atoms with E-state index >= 15 is 0 Å². The van der Waals surface area contributed by atoms with E-state index in [1.807, 2.05) is 10.7 Å². The first-order valence-electron chi connectivity index (χ1n) is 10.7. The van der Waals surface area contributed by atoms with Gasteiger partial charge in [-0.1, -0.05) is 12.1 Å². The molecule has 1 amide bonds. The summed E-state index contributed by atoms with van der Waals surface area (Å²) >= 11 is 0. The van der Waals surface area contributed by atoms with Crippen LogP contribution in [0, 0.1) is 0 Å². The number of benzene rings is 1. The Hall–Kier alpha value is -1.96. The van der Waals surface area contributed by atoms with Crippen LogP contribution in [0.15, 0.2) is 18.2 Å². The molecule has 0 aliphatic carbocycles. The highest BCUT2D eigenvalue weighted by atomic mass is 16.5. The average molecular weight is 401 g/mol. The Bertz CT molecular complexity index is 886. The molecule has 0 radical (unpaired) electrons. The second-order valence-electron chi connectivity index (χ2n) is 8.88. The van der Waals surface area contributed by atoms with Gasteiger partial charge in [0.15, 0.2) is 5.69 Å². The van der Waals surface area contributed by atoms with Crippen LogP contribution in [0.5, 0.6) is 0 Å². The van der Waals surface area contributed by atoms with Gasteiger partial charge in [0.05, 0.1) is 11.1 Å². The van der Waals surface area contributed by atoms with Gasteiger partial charge in [-0.05, 0) is 70.0 Å². The number of amides is 1. The maximum atomic E-state index is 11.8. The SMILES string of the molecule is CC(C)n1nc(C(N)=O)c2ccc([C@@H]3CCCN[C@@H]3CC3(O)CCOCC3)cc21. The van der Waals surface area contributed by atoms with Gasteiger partial charge in [0.1, 0.15) is 0 Å². The molecule has 1 aromatic heterocycles. The summed E-state index contributed by atoms with van der Waals surface area (Å²) < 4.78 is 7.33.